The van der Waals surface area contributed by atoms with Crippen molar-refractivity contribution in [2.75, 3.05) is 0 Å². The van der Waals surface area contributed by atoms with Gasteiger partial charge in [-0.2, -0.15) is 0 Å². The molecule has 1 aromatic heterocycles. The topological polar surface area (TPSA) is 27.8 Å². The number of H-pyrrole nitrogens is 1. The van der Waals surface area contributed by atoms with E-state index < -0.39 is 0 Å². The number of fused-ring (bicyclic) bond motifs is 1. The molecule has 0 radical (unpaired) electrons. The fourth-order valence-electron chi connectivity index (χ4n) is 3.61. The van der Waals surface area contributed by atoms with Gasteiger partial charge in [0, 0.05) is 23.5 Å². The molecule has 0 unspecified atom stereocenters. The van der Waals surface area contributed by atoms with E-state index >= 15 is 0 Å². The van der Waals surface area contributed by atoms with Gasteiger partial charge in [-0.05, 0) is 30.0 Å². The predicted octanol–water partition coefficient (Wildman–Crippen LogP) is 4.87. The van der Waals surface area contributed by atoms with Gasteiger partial charge in [0.25, 0.3) is 0 Å². The third-order valence-electron chi connectivity index (χ3n) is 4.80. The van der Waals surface area contributed by atoms with E-state index in [0.717, 1.165) is 6.54 Å². The molecule has 1 heterocycles. The van der Waals surface area contributed by atoms with Gasteiger partial charge in [0.1, 0.15) is 0 Å². The molecule has 2 N–H and O–H groups in total. The molecule has 1 aliphatic carbocycles. The van der Waals surface area contributed by atoms with Crippen molar-refractivity contribution in [1.82, 2.24) is 10.3 Å². The predicted molar refractivity (Wildman–Crippen MR) is 92.8 cm³/mol. The lowest BCUT2D eigenvalue weighted by Crippen LogP contribution is -2.25. The van der Waals surface area contributed by atoms with Crippen LogP contribution in [0.1, 0.15) is 31.2 Å². The number of aromatic amines is 1. The number of hydrogen-bond donors (Lipinski definition) is 2. The highest BCUT2D eigenvalue weighted by Crippen LogP contribution is 2.30. The number of hydrogen-bond acceptors (Lipinski definition) is 1. The third-order valence-corrected chi connectivity index (χ3v) is 4.80. The van der Waals surface area contributed by atoms with Crippen LogP contribution < -0.4 is 5.32 Å². The molecule has 0 aliphatic heterocycles. The Morgan fingerprint density at radius 1 is 0.909 bits per heavy atom. The summed E-state index contributed by atoms with van der Waals surface area (Å²) in [6.07, 6.45) is 5.39. The summed E-state index contributed by atoms with van der Waals surface area (Å²) >= 11 is 0. The van der Waals surface area contributed by atoms with Crippen molar-refractivity contribution in [3.05, 3.63) is 60.2 Å². The van der Waals surface area contributed by atoms with Crippen LogP contribution in [-0.4, -0.2) is 11.0 Å². The van der Waals surface area contributed by atoms with Gasteiger partial charge in [-0.3, -0.25) is 0 Å². The van der Waals surface area contributed by atoms with Crippen molar-refractivity contribution in [1.29, 1.82) is 0 Å². The van der Waals surface area contributed by atoms with Crippen molar-refractivity contribution < 1.29 is 0 Å². The summed E-state index contributed by atoms with van der Waals surface area (Å²) in [5, 5.41) is 5.11. The fraction of sp³-hybridized carbons (Fsp3) is 0.300. The molecule has 1 saturated carbocycles. The summed E-state index contributed by atoms with van der Waals surface area (Å²) in [7, 11) is 0. The SMILES string of the molecule is c1ccc(-c2[nH]c3ccccc3c2CNC2CCCC2)cc1. The Kier molecular flexibility index (Phi) is 3.69. The highest BCUT2D eigenvalue weighted by atomic mass is 14.9. The third kappa shape index (κ3) is 2.55. The highest BCUT2D eigenvalue weighted by Gasteiger charge is 2.17. The zero-order valence-electron chi connectivity index (χ0n) is 12.8. The Balaban J connectivity index is 1.73. The second-order valence-corrected chi connectivity index (χ2v) is 6.25. The van der Waals surface area contributed by atoms with Crippen molar-refractivity contribution >= 4 is 10.9 Å². The van der Waals surface area contributed by atoms with Crippen LogP contribution in [0, 0.1) is 0 Å². The molecular weight excluding hydrogens is 268 g/mol. The van der Waals surface area contributed by atoms with E-state index in [1.807, 2.05) is 0 Å². The minimum atomic E-state index is 0.692. The summed E-state index contributed by atoms with van der Waals surface area (Å²) in [5.74, 6) is 0. The van der Waals surface area contributed by atoms with Gasteiger partial charge in [0.2, 0.25) is 0 Å². The van der Waals surface area contributed by atoms with Crippen molar-refractivity contribution in [3.8, 4) is 11.3 Å². The van der Waals surface area contributed by atoms with E-state index in [1.165, 1.54) is 53.4 Å². The molecule has 0 atom stereocenters. The molecule has 2 nitrogen and oxygen atoms in total. The van der Waals surface area contributed by atoms with E-state index in [-0.39, 0.29) is 0 Å². The molecule has 1 fully saturated rings. The monoisotopic (exact) mass is 290 g/mol. The molecule has 0 spiro atoms. The van der Waals surface area contributed by atoms with Crippen LogP contribution in [0.5, 0.6) is 0 Å². The van der Waals surface area contributed by atoms with Gasteiger partial charge in [-0.1, -0.05) is 61.4 Å². The molecular formula is C20H22N2. The second-order valence-electron chi connectivity index (χ2n) is 6.25. The zero-order valence-corrected chi connectivity index (χ0v) is 12.8. The van der Waals surface area contributed by atoms with Gasteiger partial charge >= 0.3 is 0 Å². The van der Waals surface area contributed by atoms with Crippen molar-refractivity contribution in [2.24, 2.45) is 0 Å². The maximum atomic E-state index is 3.77. The van der Waals surface area contributed by atoms with Gasteiger partial charge < -0.3 is 10.3 Å². The molecule has 4 rings (SSSR count). The number of nitrogens with one attached hydrogen (secondary N) is 2. The average Bonchev–Trinajstić information content (AvgIpc) is 3.21. The summed E-state index contributed by atoms with van der Waals surface area (Å²) in [6, 6.07) is 20.0. The van der Waals surface area contributed by atoms with E-state index in [4.69, 9.17) is 0 Å². The lowest BCUT2D eigenvalue weighted by Gasteiger charge is -2.13. The van der Waals surface area contributed by atoms with E-state index in [0.29, 0.717) is 6.04 Å². The minimum Gasteiger partial charge on any atom is -0.354 e. The highest BCUT2D eigenvalue weighted by molar-refractivity contribution is 5.90. The average molecular weight is 290 g/mol. The lowest BCUT2D eigenvalue weighted by molar-refractivity contribution is 0.526. The molecule has 2 aromatic carbocycles. The standard InChI is InChI=1S/C20H22N2/c1-2-8-15(9-3-1)20-18(14-21-16-10-4-5-11-16)17-12-6-7-13-19(17)22-20/h1-3,6-9,12-13,16,21-22H,4-5,10-11,14H2. The zero-order chi connectivity index (χ0) is 14.8. The van der Waals surface area contributed by atoms with Gasteiger partial charge in [0.05, 0.1) is 5.69 Å². The number of benzene rings is 2. The minimum absolute atomic E-state index is 0.692. The molecule has 2 heteroatoms. The number of para-hydroxylation sites is 1. The van der Waals surface area contributed by atoms with Crippen molar-refractivity contribution in [3.63, 3.8) is 0 Å². The lowest BCUT2D eigenvalue weighted by atomic mass is 10.0. The first-order valence-corrected chi connectivity index (χ1v) is 8.30. The Bertz CT molecular complexity index is 752. The quantitative estimate of drug-likeness (QED) is 0.705. The molecule has 1 aliphatic rings. The first kappa shape index (κ1) is 13.6. The Labute approximate surface area is 131 Å². The van der Waals surface area contributed by atoms with Crippen LogP contribution in [-0.2, 0) is 6.54 Å². The molecule has 0 saturated heterocycles. The Morgan fingerprint density at radius 2 is 1.64 bits per heavy atom. The van der Waals surface area contributed by atoms with Crippen LogP contribution in [0.2, 0.25) is 0 Å². The van der Waals surface area contributed by atoms with Gasteiger partial charge in [-0.25, -0.2) is 0 Å². The largest absolute Gasteiger partial charge is 0.354 e. The number of rotatable bonds is 4. The summed E-state index contributed by atoms with van der Waals surface area (Å²) in [6.45, 7) is 0.943. The van der Waals surface area contributed by atoms with Gasteiger partial charge in [-0.15, -0.1) is 0 Å². The summed E-state index contributed by atoms with van der Waals surface area (Å²) in [4.78, 5) is 3.62. The molecule has 0 amide bonds. The van der Waals surface area contributed by atoms with Crippen LogP contribution >= 0.6 is 0 Å². The first-order valence-electron chi connectivity index (χ1n) is 8.30. The smallest absolute Gasteiger partial charge is 0.0510 e. The van der Waals surface area contributed by atoms with Crippen LogP contribution in [0.4, 0.5) is 0 Å². The van der Waals surface area contributed by atoms with Crippen LogP contribution in [0.3, 0.4) is 0 Å². The van der Waals surface area contributed by atoms with E-state index in [2.05, 4.69) is 64.9 Å². The number of aromatic nitrogens is 1. The molecule has 22 heavy (non-hydrogen) atoms. The maximum absolute atomic E-state index is 3.77. The summed E-state index contributed by atoms with van der Waals surface area (Å²) < 4.78 is 0. The normalized spacial score (nSPS) is 15.6. The summed E-state index contributed by atoms with van der Waals surface area (Å²) in [5.41, 5.74) is 5.15. The van der Waals surface area contributed by atoms with Gasteiger partial charge in [0.15, 0.2) is 0 Å². The molecule has 3 aromatic rings. The maximum Gasteiger partial charge on any atom is 0.0510 e. The fourth-order valence-corrected chi connectivity index (χ4v) is 3.61. The second kappa shape index (κ2) is 5.98. The molecule has 0 bridgehead atoms. The van der Waals surface area contributed by atoms with E-state index in [1.54, 1.807) is 0 Å². The van der Waals surface area contributed by atoms with Crippen LogP contribution in [0.25, 0.3) is 22.2 Å². The van der Waals surface area contributed by atoms with E-state index in [9.17, 15) is 0 Å². The first-order chi connectivity index (χ1) is 10.9. The molecule has 112 valence electrons. The Morgan fingerprint density at radius 3 is 2.45 bits per heavy atom. The Hall–Kier alpha value is -2.06. The van der Waals surface area contributed by atoms with Crippen molar-refractivity contribution in [2.45, 2.75) is 38.3 Å². The van der Waals surface area contributed by atoms with Crippen LogP contribution in [0.15, 0.2) is 54.6 Å².